The number of carbonyl (C=O) groups excluding carboxylic acids is 2. The van der Waals surface area contributed by atoms with Gasteiger partial charge in [0.25, 0.3) is 0 Å². The molecule has 0 spiro atoms. The van der Waals surface area contributed by atoms with Gasteiger partial charge in [0, 0.05) is 32.4 Å². The molecular weight excluding hydrogens is 438 g/mol. The average molecular weight is 498 g/mol. The normalized spacial score (nSPS) is 11.1. The number of rotatable bonds is 29. The minimum absolute atomic E-state index is 0.0133. The number of nitrogens with one attached hydrogen (secondary N) is 1. The molecule has 0 aromatic rings. The largest absolute Gasteiger partial charge is 0.396 e. The zero-order valence-corrected chi connectivity index (χ0v) is 23.0. The van der Waals surface area contributed by atoms with Gasteiger partial charge in [0.15, 0.2) is 0 Å². The molecule has 0 aliphatic heterocycles. The zero-order valence-electron chi connectivity index (χ0n) is 23.0. The fraction of sp³-hybridized carbons (Fsp3) is 0.933. The van der Waals surface area contributed by atoms with E-state index in [4.69, 9.17) is 10.2 Å². The molecular formula is C30H59NO4. The van der Waals surface area contributed by atoms with Crippen LogP contribution in [-0.2, 0) is 9.59 Å². The van der Waals surface area contributed by atoms with Crippen LogP contribution >= 0.6 is 0 Å². The van der Waals surface area contributed by atoms with Crippen LogP contribution in [0.1, 0.15) is 161 Å². The number of hydrogen-bond donors (Lipinski definition) is 3. The Morgan fingerprint density at radius 1 is 0.400 bits per heavy atom. The maximum absolute atomic E-state index is 12.0. The average Bonchev–Trinajstić information content (AvgIpc) is 2.86. The summed E-state index contributed by atoms with van der Waals surface area (Å²) in [6.07, 6.45) is 29.0. The summed E-state index contributed by atoms with van der Waals surface area (Å²) in [5, 5.41) is 20.1. The van der Waals surface area contributed by atoms with Crippen LogP contribution in [0.3, 0.4) is 0 Å². The monoisotopic (exact) mass is 497 g/mol. The highest BCUT2D eigenvalue weighted by Crippen LogP contribution is 2.15. The Kier molecular flexibility index (Phi) is 28.5. The standard InChI is InChI=1S/C30H59NO4/c32-27-22-18-14-10-6-2-4-8-12-16-20-24-29(34)23-19-15-11-7-3-1-5-9-13-17-21-25-30(35)31-26-28-33/h32-33H,1-28H2,(H,31,35). The highest BCUT2D eigenvalue weighted by atomic mass is 16.3. The molecule has 0 aliphatic rings. The summed E-state index contributed by atoms with van der Waals surface area (Å²) < 4.78 is 0. The molecule has 5 nitrogen and oxygen atoms in total. The van der Waals surface area contributed by atoms with Crippen molar-refractivity contribution in [2.24, 2.45) is 0 Å². The number of amides is 1. The molecule has 0 bridgehead atoms. The second kappa shape index (κ2) is 29.3. The molecule has 0 saturated carbocycles. The second-order valence-corrected chi connectivity index (χ2v) is 10.4. The Morgan fingerprint density at radius 2 is 0.714 bits per heavy atom. The van der Waals surface area contributed by atoms with E-state index in [1.807, 2.05) is 0 Å². The third kappa shape index (κ3) is 29.2. The van der Waals surface area contributed by atoms with E-state index in [0.29, 0.717) is 25.4 Å². The Labute approximate surface area is 217 Å². The number of unbranched alkanes of at least 4 members (excludes halogenated alkanes) is 20. The molecule has 0 aromatic carbocycles. The van der Waals surface area contributed by atoms with Crippen molar-refractivity contribution in [3.05, 3.63) is 0 Å². The van der Waals surface area contributed by atoms with Crippen LogP contribution in [-0.4, -0.2) is 41.7 Å². The first kappa shape index (κ1) is 34.1. The molecule has 0 unspecified atom stereocenters. The van der Waals surface area contributed by atoms with E-state index in [1.165, 1.54) is 109 Å². The molecule has 0 rings (SSSR count). The summed E-state index contributed by atoms with van der Waals surface area (Å²) in [7, 11) is 0. The van der Waals surface area contributed by atoms with E-state index >= 15 is 0 Å². The SMILES string of the molecule is O=C(CCCCCCCCCCCCCO)CCCCCCCCCCCCCC(=O)NCCO. The minimum Gasteiger partial charge on any atom is -0.396 e. The predicted molar refractivity (Wildman–Crippen MR) is 148 cm³/mol. The van der Waals surface area contributed by atoms with Crippen LogP contribution < -0.4 is 5.32 Å². The van der Waals surface area contributed by atoms with Gasteiger partial charge >= 0.3 is 0 Å². The fourth-order valence-corrected chi connectivity index (χ4v) is 4.63. The molecule has 0 radical (unpaired) electrons. The fourth-order valence-electron chi connectivity index (χ4n) is 4.63. The predicted octanol–water partition coefficient (Wildman–Crippen LogP) is 7.41. The lowest BCUT2D eigenvalue weighted by molar-refractivity contribution is -0.121. The zero-order chi connectivity index (χ0) is 25.7. The third-order valence-electron chi connectivity index (χ3n) is 6.91. The summed E-state index contributed by atoms with van der Waals surface area (Å²) in [5.74, 6) is 0.527. The van der Waals surface area contributed by atoms with E-state index in [0.717, 1.165) is 44.9 Å². The maximum Gasteiger partial charge on any atom is 0.220 e. The highest BCUT2D eigenvalue weighted by Gasteiger charge is 2.03. The van der Waals surface area contributed by atoms with Crippen molar-refractivity contribution in [1.82, 2.24) is 5.32 Å². The van der Waals surface area contributed by atoms with Crippen molar-refractivity contribution in [2.45, 2.75) is 161 Å². The Bertz CT molecular complexity index is 456. The van der Waals surface area contributed by atoms with E-state index < -0.39 is 0 Å². The lowest BCUT2D eigenvalue weighted by Gasteiger charge is -2.04. The first-order valence-corrected chi connectivity index (χ1v) is 15.2. The van der Waals surface area contributed by atoms with E-state index in [1.54, 1.807) is 0 Å². The lowest BCUT2D eigenvalue weighted by Crippen LogP contribution is -2.25. The van der Waals surface area contributed by atoms with Crippen LogP contribution in [0, 0.1) is 0 Å². The van der Waals surface area contributed by atoms with Crippen molar-refractivity contribution < 1.29 is 19.8 Å². The van der Waals surface area contributed by atoms with Gasteiger partial charge in [0.05, 0.1) is 6.61 Å². The third-order valence-corrected chi connectivity index (χ3v) is 6.91. The molecule has 0 heterocycles. The second-order valence-electron chi connectivity index (χ2n) is 10.4. The van der Waals surface area contributed by atoms with Gasteiger partial charge in [-0.2, -0.15) is 0 Å². The van der Waals surface area contributed by atoms with E-state index in [-0.39, 0.29) is 12.5 Å². The van der Waals surface area contributed by atoms with Crippen molar-refractivity contribution >= 4 is 11.7 Å². The van der Waals surface area contributed by atoms with Crippen LogP contribution in [0.25, 0.3) is 0 Å². The quantitative estimate of drug-likeness (QED) is 0.0939. The molecule has 1 amide bonds. The molecule has 35 heavy (non-hydrogen) atoms. The number of carbonyl (C=O) groups is 2. The van der Waals surface area contributed by atoms with Gasteiger partial charge in [0.2, 0.25) is 5.91 Å². The van der Waals surface area contributed by atoms with Gasteiger partial charge in [-0.3, -0.25) is 9.59 Å². The summed E-state index contributed by atoms with van der Waals surface area (Å²) in [5.41, 5.74) is 0. The number of aliphatic hydroxyl groups excluding tert-OH is 2. The molecule has 0 aromatic heterocycles. The molecule has 0 atom stereocenters. The first-order chi connectivity index (χ1) is 17.2. The Hall–Kier alpha value is -0.940. The first-order valence-electron chi connectivity index (χ1n) is 15.2. The summed E-state index contributed by atoms with van der Waals surface area (Å²) in [6.45, 7) is 0.716. The summed E-state index contributed by atoms with van der Waals surface area (Å²) in [6, 6.07) is 0. The smallest absolute Gasteiger partial charge is 0.220 e. The van der Waals surface area contributed by atoms with Gasteiger partial charge in [-0.1, -0.05) is 116 Å². The molecule has 3 N–H and O–H groups in total. The summed E-state index contributed by atoms with van der Waals surface area (Å²) >= 11 is 0. The lowest BCUT2D eigenvalue weighted by atomic mass is 10.0. The molecule has 0 aliphatic carbocycles. The van der Waals surface area contributed by atoms with Gasteiger partial charge in [0.1, 0.15) is 5.78 Å². The van der Waals surface area contributed by atoms with Gasteiger partial charge in [-0.15, -0.1) is 0 Å². The molecule has 208 valence electrons. The van der Waals surface area contributed by atoms with Crippen LogP contribution in [0.2, 0.25) is 0 Å². The minimum atomic E-state index is 0.0133. The van der Waals surface area contributed by atoms with E-state index in [9.17, 15) is 9.59 Å². The Morgan fingerprint density at radius 3 is 1.06 bits per heavy atom. The van der Waals surface area contributed by atoms with Crippen LogP contribution in [0.5, 0.6) is 0 Å². The van der Waals surface area contributed by atoms with Crippen LogP contribution in [0.15, 0.2) is 0 Å². The molecule has 0 saturated heterocycles. The van der Waals surface area contributed by atoms with Gasteiger partial charge < -0.3 is 15.5 Å². The number of Topliss-reactive ketones (excluding diaryl/α,β-unsaturated/α-hetero) is 1. The summed E-state index contributed by atoms with van der Waals surface area (Å²) in [4.78, 5) is 23.5. The van der Waals surface area contributed by atoms with Crippen molar-refractivity contribution in [1.29, 1.82) is 0 Å². The Balaban J connectivity index is 3.19. The van der Waals surface area contributed by atoms with Crippen molar-refractivity contribution in [2.75, 3.05) is 19.8 Å². The van der Waals surface area contributed by atoms with Crippen molar-refractivity contribution in [3.8, 4) is 0 Å². The number of aliphatic hydroxyl groups is 2. The van der Waals surface area contributed by atoms with Crippen molar-refractivity contribution in [3.63, 3.8) is 0 Å². The number of ketones is 1. The maximum atomic E-state index is 12.0. The van der Waals surface area contributed by atoms with Gasteiger partial charge in [-0.25, -0.2) is 0 Å². The number of hydrogen-bond acceptors (Lipinski definition) is 4. The molecule has 0 fully saturated rings. The van der Waals surface area contributed by atoms with Gasteiger partial charge in [-0.05, 0) is 25.7 Å². The topological polar surface area (TPSA) is 86.6 Å². The molecule has 5 heteroatoms. The van der Waals surface area contributed by atoms with Crippen LogP contribution in [0.4, 0.5) is 0 Å². The van der Waals surface area contributed by atoms with E-state index in [2.05, 4.69) is 5.32 Å². The highest BCUT2D eigenvalue weighted by molar-refractivity contribution is 5.78.